The third-order valence-corrected chi connectivity index (χ3v) is 2.52. The largest absolute Gasteiger partial charge is 0.366 e. The first-order valence-electron chi connectivity index (χ1n) is 4.37. The van der Waals surface area contributed by atoms with Crippen LogP contribution in [0.25, 0.3) is 0 Å². The van der Waals surface area contributed by atoms with Crippen LogP contribution in [0.1, 0.15) is 18.5 Å². The highest BCUT2D eigenvalue weighted by molar-refractivity contribution is 7.80. The van der Waals surface area contributed by atoms with Gasteiger partial charge in [0.1, 0.15) is 0 Å². The van der Waals surface area contributed by atoms with E-state index in [-0.39, 0.29) is 6.04 Å². The molecule has 0 heterocycles. The van der Waals surface area contributed by atoms with Crippen LogP contribution in [-0.2, 0) is 0 Å². The molecule has 1 unspecified atom stereocenters. The van der Waals surface area contributed by atoms with Crippen molar-refractivity contribution in [3.05, 3.63) is 34.9 Å². The van der Waals surface area contributed by atoms with E-state index >= 15 is 0 Å². The second-order valence-electron chi connectivity index (χ2n) is 3.00. The van der Waals surface area contributed by atoms with E-state index in [1.54, 1.807) is 7.05 Å². The van der Waals surface area contributed by atoms with Crippen LogP contribution in [0.15, 0.2) is 24.3 Å². The van der Waals surface area contributed by atoms with Crippen LogP contribution in [0.5, 0.6) is 0 Å². The summed E-state index contributed by atoms with van der Waals surface area (Å²) < 4.78 is 0. The molecule has 0 bridgehead atoms. The van der Waals surface area contributed by atoms with Crippen LogP contribution < -0.4 is 10.6 Å². The van der Waals surface area contributed by atoms with Crippen molar-refractivity contribution < 1.29 is 0 Å². The zero-order valence-corrected chi connectivity index (χ0v) is 9.75. The summed E-state index contributed by atoms with van der Waals surface area (Å²) in [5.41, 5.74) is 1.16. The minimum atomic E-state index is 0.187. The first kappa shape index (κ1) is 11.3. The van der Waals surface area contributed by atoms with Crippen LogP contribution >= 0.6 is 23.8 Å². The van der Waals surface area contributed by atoms with Gasteiger partial charge in [0.05, 0.1) is 6.04 Å². The molecule has 0 radical (unpaired) electrons. The van der Waals surface area contributed by atoms with Gasteiger partial charge in [0.25, 0.3) is 0 Å². The fourth-order valence-corrected chi connectivity index (χ4v) is 1.41. The highest BCUT2D eigenvalue weighted by Crippen LogP contribution is 2.15. The van der Waals surface area contributed by atoms with Crippen molar-refractivity contribution >= 4 is 28.9 Å². The van der Waals surface area contributed by atoms with Gasteiger partial charge in [-0.25, -0.2) is 0 Å². The molecular weight excluding hydrogens is 216 g/mol. The topological polar surface area (TPSA) is 24.1 Å². The minimum absolute atomic E-state index is 0.187. The molecule has 2 nitrogen and oxygen atoms in total. The van der Waals surface area contributed by atoms with Crippen molar-refractivity contribution in [1.29, 1.82) is 0 Å². The average Bonchev–Trinajstić information content (AvgIpc) is 2.18. The third kappa shape index (κ3) is 3.16. The number of hydrogen-bond donors (Lipinski definition) is 2. The van der Waals surface area contributed by atoms with Crippen LogP contribution in [-0.4, -0.2) is 12.2 Å². The minimum Gasteiger partial charge on any atom is -0.366 e. The molecule has 0 aromatic heterocycles. The van der Waals surface area contributed by atoms with E-state index in [4.69, 9.17) is 23.8 Å². The van der Waals surface area contributed by atoms with Gasteiger partial charge in [0.2, 0.25) is 0 Å². The fourth-order valence-electron chi connectivity index (χ4n) is 1.10. The van der Waals surface area contributed by atoms with Crippen LogP contribution in [0, 0.1) is 0 Å². The molecular formula is C10H13ClN2S. The number of hydrogen-bond acceptors (Lipinski definition) is 1. The van der Waals surface area contributed by atoms with Gasteiger partial charge in [-0.15, -0.1) is 0 Å². The van der Waals surface area contributed by atoms with Gasteiger partial charge in [0, 0.05) is 12.1 Å². The molecule has 0 saturated heterocycles. The lowest BCUT2D eigenvalue weighted by molar-refractivity contribution is 0.709. The molecule has 0 aliphatic heterocycles. The Kier molecular flexibility index (Phi) is 4.17. The Balaban J connectivity index is 2.65. The average molecular weight is 229 g/mol. The van der Waals surface area contributed by atoms with Crippen LogP contribution in [0.2, 0.25) is 5.02 Å². The highest BCUT2D eigenvalue weighted by atomic mass is 35.5. The van der Waals surface area contributed by atoms with Crippen LogP contribution in [0.4, 0.5) is 0 Å². The summed E-state index contributed by atoms with van der Waals surface area (Å²) in [5.74, 6) is 0. The van der Waals surface area contributed by atoms with Crippen molar-refractivity contribution in [2.45, 2.75) is 13.0 Å². The lowest BCUT2D eigenvalue weighted by atomic mass is 10.1. The van der Waals surface area contributed by atoms with E-state index in [0.29, 0.717) is 5.11 Å². The summed E-state index contributed by atoms with van der Waals surface area (Å²) in [6.07, 6.45) is 0. The zero-order chi connectivity index (χ0) is 10.6. The normalized spacial score (nSPS) is 11.9. The molecule has 1 rings (SSSR count). The van der Waals surface area contributed by atoms with Gasteiger partial charge >= 0.3 is 0 Å². The van der Waals surface area contributed by atoms with E-state index in [1.807, 2.05) is 31.2 Å². The predicted molar refractivity (Wildman–Crippen MR) is 64.7 cm³/mol. The molecule has 76 valence electrons. The molecule has 0 aliphatic rings. The summed E-state index contributed by atoms with van der Waals surface area (Å²) in [6, 6.07) is 7.90. The summed E-state index contributed by atoms with van der Waals surface area (Å²) in [5, 5.41) is 7.41. The second kappa shape index (κ2) is 5.17. The number of nitrogens with one attached hydrogen (secondary N) is 2. The molecule has 2 N–H and O–H groups in total. The maximum Gasteiger partial charge on any atom is 0.166 e. The molecule has 0 amide bonds. The molecule has 1 aromatic carbocycles. The number of rotatable bonds is 2. The predicted octanol–water partition coefficient (Wildman–Crippen LogP) is 2.49. The lowest BCUT2D eigenvalue weighted by Gasteiger charge is -2.15. The Morgan fingerprint density at radius 1 is 1.36 bits per heavy atom. The Bertz CT molecular complexity index is 310. The lowest BCUT2D eigenvalue weighted by Crippen LogP contribution is -2.34. The number of thiocarbonyl (C=S) groups is 1. The maximum atomic E-state index is 5.79. The van der Waals surface area contributed by atoms with Crippen molar-refractivity contribution in [3.63, 3.8) is 0 Å². The van der Waals surface area contributed by atoms with Gasteiger partial charge in [-0.2, -0.15) is 0 Å². The molecule has 1 atom stereocenters. The van der Waals surface area contributed by atoms with Crippen molar-refractivity contribution in [1.82, 2.24) is 10.6 Å². The Morgan fingerprint density at radius 3 is 2.43 bits per heavy atom. The van der Waals surface area contributed by atoms with Crippen molar-refractivity contribution in [2.24, 2.45) is 0 Å². The number of halogens is 1. The SMILES string of the molecule is CNC(=S)NC(C)c1ccc(Cl)cc1. The molecule has 14 heavy (non-hydrogen) atoms. The van der Waals surface area contributed by atoms with Gasteiger partial charge in [0.15, 0.2) is 5.11 Å². The van der Waals surface area contributed by atoms with Gasteiger partial charge in [-0.05, 0) is 36.8 Å². The summed E-state index contributed by atoms with van der Waals surface area (Å²) in [7, 11) is 1.80. The summed E-state index contributed by atoms with van der Waals surface area (Å²) in [4.78, 5) is 0. The van der Waals surface area contributed by atoms with E-state index in [9.17, 15) is 0 Å². The molecule has 0 saturated carbocycles. The summed E-state index contributed by atoms with van der Waals surface area (Å²) in [6.45, 7) is 2.05. The molecule has 0 spiro atoms. The first-order valence-corrected chi connectivity index (χ1v) is 5.16. The van der Waals surface area contributed by atoms with E-state index < -0.39 is 0 Å². The third-order valence-electron chi connectivity index (χ3n) is 1.94. The van der Waals surface area contributed by atoms with Crippen molar-refractivity contribution in [3.8, 4) is 0 Å². The molecule has 0 aliphatic carbocycles. The first-order chi connectivity index (χ1) is 6.63. The monoisotopic (exact) mass is 228 g/mol. The van der Waals surface area contributed by atoms with Gasteiger partial charge < -0.3 is 10.6 Å². The van der Waals surface area contributed by atoms with E-state index in [2.05, 4.69) is 10.6 Å². The standard InChI is InChI=1S/C10H13ClN2S/c1-7(13-10(14)12-2)8-3-5-9(11)6-4-8/h3-7H,1-2H3,(H2,12,13,14). The Labute approximate surface area is 94.7 Å². The summed E-state index contributed by atoms with van der Waals surface area (Å²) >= 11 is 10.8. The van der Waals surface area contributed by atoms with Crippen molar-refractivity contribution in [2.75, 3.05) is 7.05 Å². The molecule has 1 aromatic rings. The van der Waals surface area contributed by atoms with Crippen LogP contribution in [0.3, 0.4) is 0 Å². The quantitative estimate of drug-likeness (QED) is 0.761. The zero-order valence-electron chi connectivity index (χ0n) is 8.17. The van der Waals surface area contributed by atoms with Gasteiger partial charge in [-0.3, -0.25) is 0 Å². The second-order valence-corrected chi connectivity index (χ2v) is 3.84. The molecule has 0 fully saturated rings. The fraction of sp³-hybridized carbons (Fsp3) is 0.300. The van der Waals surface area contributed by atoms with E-state index in [1.165, 1.54) is 0 Å². The van der Waals surface area contributed by atoms with Gasteiger partial charge in [-0.1, -0.05) is 23.7 Å². The smallest absolute Gasteiger partial charge is 0.166 e. The van der Waals surface area contributed by atoms with E-state index in [0.717, 1.165) is 10.6 Å². The Morgan fingerprint density at radius 2 is 1.93 bits per heavy atom. The highest BCUT2D eigenvalue weighted by Gasteiger charge is 2.05. The maximum absolute atomic E-state index is 5.79. The number of benzene rings is 1. The Hall–Kier alpha value is -0.800. The molecule has 4 heteroatoms.